The van der Waals surface area contributed by atoms with Gasteiger partial charge in [-0.1, -0.05) is 24.9 Å². The minimum absolute atomic E-state index is 0.439. The first-order valence-corrected chi connectivity index (χ1v) is 6.69. The fraction of sp³-hybridized carbons (Fsp3) is 0.462. The Morgan fingerprint density at radius 1 is 1.50 bits per heavy atom. The second-order valence-corrected chi connectivity index (χ2v) is 4.63. The first-order chi connectivity index (χ1) is 9.45. The third-order valence-electron chi connectivity index (χ3n) is 2.58. The number of aryl methyl sites for hydroxylation is 2. The minimum atomic E-state index is -0.701. The molecule has 0 aliphatic rings. The monoisotopic (exact) mass is 299 g/mol. The van der Waals surface area contributed by atoms with Crippen LogP contribution >= 0.6 is 11.6 Å². The van der Waals surface area contributed by atoms with Gasteiger partial charge in [-0.3, -0.25) is 9.48 Å². The molecule has 0 aliphatic carbocycles. The summed E-state index contributed by atoms with van der Waals surface area (Å²) in [5.41, 5.74) is 6.26. The normalized spacial score (nSPS) is 10.9. The molecule has 0 unspecified atom stereocenters. The molecule has 7 heteroatoms. The molecule has 0 radical (unpaired) electrons. The number of hydrogen-bond donors (Lipinski definition) is 1. The Labute approximate surface area is 122 Å². The summed E-state index contributed by atoms with van der Waals surface area (Å²) in [6, 6.07) is 0. The van der Waals surface area contributed by atoms with Crippen LogP contribution in [0.3, 0.4) is 0 Å². The summed E-state index contributed by atoms with van der Waals surface area (Å²) in [5.74, 6) is -1.35. The van der Waals surface area contributed by atoms with Crippen LogP contribution in [-0.4, -0.2) is 28.3 Å². The number of esters is 1. The molecule has 6 nitrogen and oxygen atoms in total. The van der Waals surface area contributed by atoms with Crippen molar-refractivity contribution in [2.75, 3.05) is 6.61 Å². The lowest BCUT2D eigenvalue weighted by atomic mass is 10.2. The van der Waals surface area contributed by atoms with E-state index in [9.17, 15) is 9.59 Å². The van der Waals surface area contributed by atoms with Gasteiger partial charge in [-0.15, -0.1) is 0 Å². The van der Waals surface area contributed by atoms with Gasteiger partial charge in [0.05, 0.1) is 5.69 Å². The first kappa shape index (κ1) is 16.2. The van der Waals surface area contributed by atoms with Crippen molar-refractivity contribution in [3.63, 3.8) is 0 Å². The van der Waals surface area contributed by atoms with Gasteiger partial charge in [-0.05, 0) is 19.4 Å². The highest BCUT2D eigenvalue weighted by Crippen LogP contribution is 2.21. The zero-order valence-electron chi connectivity index (χ0n) is 11.6. The van der Waals surface area contributed by atoms with Gasteiger partial charge in [-0.25, -0.2) is 4.79 Å². The summed E-state index contributed by atoms with van der Waals surface area (Å²) < 4.78 is 6.31. The van der Waals surface area contributed by atoms with E-state index < -0.39 is 18.5 Å². The maximum Gasteiger partial charge on any atom is 0.331 e. The lowest BCUT2D eigenvalue weighted by Crippen LogP contribution is -2.19. The molecule has 20 heavy (non-hydrogen) atoms. The van der Waals surface area contributed by atoms with Gasteiger partial charge in [0.1, 0.15) is 5.15 Å². The topological polar surface area (TPSA) is 87.2 Å². The van der Waals surface area contributed by atoms with Crippen molar-refractivity contribution in [3.8, 4) is 0 Å². The summed E-state index contributed by atoms with van der Waals surface area (Å²) in [4.78, 5) is 21.8. The van der Waals surface area contributed by atoms with Crippen LogP contribution in [0.1, 0.15) is 31.0 Å². The van der Waals surface area contributed by atoms with Gasteiger partial charge >= 0.3 is 5.97 Å². The molecule has 0 fully saturated rings. The van der Waals surface area contributed by atoms with E-state index in [-0.39, 0.29) is 0 Å². The summed E-state index contributed by atoms with van der Waals surface area (Å²) in [5, 5.41) is 4.79. The second kappa shape index (κ2) is 7.69. The van der Waals surface area contributed by atoms with Gasteiger partial charge < -0.3 is 10.5 Å². The molecule has 0 saturated heterocycles. The number of halogens is 1. The third-order valence-corrected chi connectivity index (χ3v) is 2.97. The molecule has 110 valence electrons. The van der Waals surface area contributed by atoms with Crippen molar-refractivity contribution in [3.05, 3.63) is 22.5 Å². The molecule has 1 heterocycles. The molecule has 1 aromatic rings. The molecule has 1 amide bonds. The van der Waals surface area contributed by atoms with E-state index in [2.05, 4.69) is 16.8 Å². The van der Waals surface area contributed by atoms with E-state index in [1.165, 1.54) is 12.2 Å². The Morgan fingerprint density at radius 2 is 2.20 bits per heavy atom. The molecule has 2 N–H and O–H groups in total. The molecular formula is C13H18ClN3O3. The lowest BCUT2D eigenvalue weighted by Gasteiger charge is -2.00. The van der Waals surface area contributed by atoms with Crippen molar-refractivity contribution in [1.82, 2.24) is 9.78 Å². The number of rotatable bonds is 7. The van der Waals surface area contributed by atoms with Crippen LogP contribution in [0.5, 0.6) is 0 Å². The average Bonchev–Trinajstić information content (AvgIpc) is 2.66. The highest BCUT2D eigenvalue weighted by molar-refractivity contribution is 6.31. The number of amides is 1. The molecule has 0 atom stereocenters. The highest BCUT2D eigenvalue weighted by Gasteiger charge is 2.11. The van der Waals surface area contributed by atoms with E-state index in [0.29, 0.717) is 10.7 Å². The average molecular weight is 300 g/mol. The van der Waals surface area contributed by atoms with Crippen LogP contribution < -0.4 is 5.73 Å². The zero-order valence-corrected chi connectivity index (χ0v) is 12.3. The predicted octanol–water partition coefficient (Wildman–Crippen LogP) is 1.69. The van der Waals surface area contributed by atoms with Gasteiger partial charge in [0.25, 0.3) is 5.91 Å². The van der Waals surface area contributed by atoms with Crippen LogP contribution in [0.2, 0.25) is 5.15 Å². The number of ether oxygens (including phenoxy) is 1. The summed E-state index contributed by atoms with van der Waals surface area (Å²) in [7, 11) is 0. The Bertz CT molecular complexity index is 523. The Hall–Kier alpha value is -1.82. The fourth-order valence-corrected chi connectivity index (χ4v) is 1.88. The number of primary amides is 1. The van der Waals surface area contributed by atoms with E-state index in [4.69, 9.17) is 17.3 Å². The van der Waals surface area contributed by atoms with Crippen LogP contribution in [0.4, 0.5) is 0 Å². The predicted molar refractivity (Wildman–Crippen MR) is 76.1 cm³/mol. The van der Waals surface area contributed by atoms with Gasteiger partial charge in [0.15, 0.2) is 6.61 Å². The number of aromatic nitrogens is 2. The Balaban J connectivity index is 2.74. The maximum absolute atomic E-state index is 11.3. The molecule has 1 rings (SSSR count). The minimum Gasteiger partial charge on any atom is -0.452 e. The van der Waals surface area contributed by atoms with Crippen molar-refractivity contribution < 1.29 is 14.3 Å². The molecule has 0 spiro atoms. The number of hydrogen-bond acceptors (Lipinski definition) is 4. The van der Waals surface area contributed by atoms with Crippen LogP contribution in [0.25, 0.3) is 6.08 Å². The number of nitrogens with two attached hydrogens (primary N) is 1. The summed E-state index contributed by atoms with van der Waals surface area (Å²) in [6.45, 7) is 4.18. The molecular weight excluding hydrogens is 282 g/mol. The first-order valence-electron chi connectivity index (χ1n) is 6.31. The second-order valence-electron chi connectivity index (χ2n) is 4.27. The largest absolute Gasteiger partial charge is 0.452 e. The number of nitrogens with zero attached hydrogens (tertiary/aromatic N) is 2. The van der Waals surface area contributed by atoms with Crippen molar-refractivity contribution in [1.29, 1.82) is 0 Å². The molecule has 0 bridgehead atoms. The maximum atomic E-state index is 11.3. The molecule has 0 aromatic carbocycles. The van der Waals surface area contributed by atoms with Crippen molar-refractivity contribution in [2.24, 2.45) is 5.73 Å². The van der Waals surface area contributed by atoms with E-state index in [1.54, 1.807) is 4.68 Å². The third kappa shape index (κ3) is 4.70. The number of carbonyl (C=O) groups is 2. The van der Waals surface area contributed by atoms with Crippen molar-refractivity contribution >= 4 is 29.6 Å². The van der Waals surface area contributed by atoms with E-state index >= 15 is 0 Å². The number of unbranched alkanes of at least 4 members (excludes halogenated alkanes) is 1. The van der Waals surface area contributed by atoms with E-state index in [1.807, 2.05) is 6.92 Å². The van der Waals surface area contributed by atoms with Crippen LogP contribution in [-0.2, 0) is 20.9 Å². The van der Waals surface area contributed by atoms with Gasteiger partial charge in [0.2, 0.25) is 0 Å². The quantitative estimate of drug-likeness (QED) is 0.613. The smallest absolute Gasteiger partial charge is 0.331 e. The SMILES string of the molecule is CCCCn1nc(C)c(/C=C/C(=O)OCC(N)=O)c1Cl. The highest BCUT2D eigenvalue weighted by atomic mass is 35.5. The Morgan fingerprint density at radius 3 is 2.80 bits per heavy atom. The lowest BCUT2D eigenvalue weighted by molar-refractivity contribution is -0.142. The molecule has 0 saturated carbocycles. The fourth-order valence-electron chi connectivity index (χ4n) is 1.55. The van der Waals surface area contributed by atoms with Crippen molar-refractivity contribution in [2.45, 2.75) is 33.2 Å². The summed E-state index contributed by atoms with van der Waals surface area (Å²) >= 11 is 6.20. The Kier molecular flexibility index (Phi) is 6.24. The van der Waals surface area contributed by atoms with Crippen LogP contribution in [0.15, 0.2) is 6.08 Å². The van der Waals surface area contributed by atoms with Crippen LogP contribution in [0, 0.1) is 6.92 Å². The van der Waals surface area contributed by atoms with Gasteiger partial charge in [0, 0.05) is 18.2 Å². The zero-order chi connectivity index (χ0) is 15.1. The van der Waals surface area contributed by atoms with E-state index in [0.717, 1.165) is 25.1 Å². The molecule has 0 aliphatic heterocycles. The standard InChI is InChI=1S/C13H18ClN3O3/c1-3-4-7-17-13(14)10(9(2)16-17)5-6-12(19)20-8-11(15)18/h5-6H,3-4,7-8H2,1-2H3,(H2,15,18)/b6-5+. The van der Waals surface area contributed by atoms with Gasteiger partial charge in [-0.2, -0.15) is 5.10 Å². The number of carbonyl (C=O) groups excluding carboxylic acids is 2. The molecule has 1 aromatic heterocycles. The summed E-state index contributed by atoms with van der Waals surface area (Å²) in [6.07, 6.45) is 4.74.